The van der Waals surface area contributed by atoms with Gasteiger partial charge in [0.05, 0.1) is 10.8 Å². The number of carbonyl (C=O) groups excluding carboxylic acids is 1. The van der Waals surface area contributed by atoms with Crippen molar-refractivity contribution >= 4 is 15.9 Å². The molecule has 1 amide bonds. The Morgan fingerprint density at radius 1 is 1.23 bits per heavy atom. The molecular weight excluding hydrogens is 369 g/mol. The number of amides is 1. The third-order valence-corrected chi connectivity index (χ3v) is 5.76. The van der Waals surface area contributed by atoms with E-state index in [4.69, 9.17) is 0 Å². The molecule has 144 valence electrons. The average Bonchev–Trinajstić information content (AvgIpc) is 2.59. The van der Waals surface area contributed by atoms with Crippen molar-refractivity contribution in [3.8, 4) is 0 Å². The van der Waals surface area contributed by atoms with E-state index >= 15 is 0 Å². The van der Waals surface area contributed by atoms with Crippen LogP contribution in [-0.4, -0.2) is 33.1 Å². The molecule has 1 aromatic carbocycles. The summed E-state index contributed by atoms with van der Waals surface area (Å²) in [5.74, 6) is -1.91. The third kappa shape index (κ3) is 5.31. The topological polar surface area (TPSA) is 75.3 Å². The van der Waals surface area contributed by atoms with Gasteiger partial charge in [0.15, 0.2) is 0 Å². The molecule has 0 saturated heterocycles. The van der Waals surface area contributed by atoms with Gasteiger partial charge < -0.3 is 5.32 Å². The molecule has 1 fully saturated rings. The summed E-state index contributed by atoms with van der Waals surface area (Å²) >= 11 is 0. The van der Waals surface area contributed by atoms with Gasteiger partial charge >= 0.3 is 6.18 Å². The molecule has 0 radical (unpaired) electrons. The number of rotatable bonds is 6. The molecule has 0 heterocycles. The molecule has 0 bridgehead atoms. The van der Waals surface area contributed by atoms with Crippen molar-refractivity contribution in [1.82, 2.24) is 10.0 Å². The van der Waals surface area contributed by atoms with Crippen LogP contribution in [0.3, 0.4) is 0 Å². The van der Waals surface area contributed by atoms with Crippen molar-refractivity contribution in [2.24, 2.45) is 5.92 Å². The maximum Gasteiger partial charge on any atom is 0.391 e. The molecule has 0 aromatic heterocycles. The number of nitrogens with one attached hydrogen (secondary N) is 2. The largest absolute Gasteiger partial charge is 0.391 e. The lowest BCUT2D eigenvalue weighted by Crippen LogP contribution is -2.41. The summed E-state index contributed by atoms with van der Waals surface area (Å²) in [5.41, 5.74) is 0.196. The molecule has 9 heteroatoms. The summed E-state index contributed by atoms with van der Waals surface area (Å²) in [7, 11) is -3.69. The molecule has 0 aliphatic heterocycles. The van der Waals surface area contributed by atoms with E-state index in [2.05, 4.69) is 16.6 Å². The van der Waals surface area contributed by atoms with Crippen LogP contribution in [0.4, 0.5) is 13.2 Å². The van der Waals surface area contributed by atoms with Gasteiger partial charge in [0, 0.05) is 18.2 Å². The summed E-state index contributed by atoms with van der Waals surface area (Å²) in [6, 6.07) is 4.68. The smallest absolute Gasteiger partial charge is 0.349 e. The number of carbonyl (C=O) groups is 1. The highest BCUT2D eigenvalue weighted by Gasteiger charge is 2.42. The zero-order valence-electron chi connectivity index (χ0n) is 14.1. The van der Waals surface area contributed by atoms with E-state index in [-0.39, 0.29) is 29.8 Å². The van der Waals surface area contributed by atoms with Gasteiger partial charge in [-0.2, -0.15) is 13.2 Å². The minimum absolute atomic E-state index is 0.00861. The lowest BCUT2D eigenvalue weighted by molar-refractivity contribution is -0.183. The number of alkyl halides is 3. The molecule has 2 N–H and O–H groups in total. The molecule has 2 unspecified atom stereocenters. The molecular formula is C17H21F3N2O3S. The highest BCUT2D eigenvalue weighted by molar-refractivity contribution is 7.89. The number of halogens is 3. The predicted octanol–water partition coefficient (Wildman–Crippen LogP) is 3.00. The predicted molar refractivity (Wildman–Crippen MR) is 91.1 cm³/mol. The Bertz CT molecular complexity index is 746. The Labute approximate surface area is 150 Å². The Morgan fingerprint density at radius 3 is 2.46 bits per heavy atom. The fraction of sp³-hybridized carbons (Fsp3) is 0.471. The van der Waals surface area contributed by atoms with Gasteiger partial charge in [0.25, 0.3) is 5.91 Å². The van der Waals surface area contributed by atoms with Crippen LogP contribution in [0.25, 0.3) is 0 Å². The summed E-state index contributed by atoms with van der Waals surface area (Å²) in [4.78, 5) is 12.2. The first-order chi connectivity index (χ1) is 12.1. The molecule has 26 heavy (non-hydrogen) atoms. The van der Waals surface area contributed by atoms with Gasteiger partial charge in [0.1, 0.15) is 0 Å². The molecule has 1 aromatic rings. The summed E-state index contributed by atoms with van der Waals surface area (Å²) in [5, 5.41) is 2.61. The fourth-order valence-electron chi connectivity index (χ4n) is 2.92. The number of hydrogen-bond acceptors (Lipinski definition) is 3. The van der Waals surface area contributed by atoms with E-state index in [1.54, 1.807) is 0 Å². The second-order valence-electron chi connectivity index (χ2n) is 6.24. The first kappa shape index (κ1) is 20.4. The summed E-state index contributed by atoms with van der Waals surface area (Å²) in [6.07, 6.45) is -2.00. The Kier molecular flexibility index (Phi) is 6.46. The molecule has 1 aliphatic rings. The Balaban J connectivity index is 2.01. The average molecular weight is 390 g/mol. The van der Waals surface area contributed by atoms with Gasteiger partial charge in [0.2, 0.25) is 10.0 Å². The van der Waals surface area contributed by atoms with Crippen molar-refractivity contribution in [3.63, 3.8) is 0 Å². The fourth-order valence-corrected chi connectivity index (χ4v) is 3.92. The number of sulfonamides is 1. The first-order valence-electron chi connectivity index (χ1n) is 8.21. The van der Waals surface area contributed by atoms with Gasteiger partial charge in [-0.3, -0.25) is 4.79 Å². The third-order valence-electron chi connectivity index (χ3n) is 4.32. The van der Waals surface area contributed by atoms with Crippen molar-refractivity contribution in [1.29, 1.82) is 0 Å². The Morgan fingerprint density at radius 2 is 1.88 bits per heavy atom. The second-order valence-corrected chi connectivity index (χ2v) is 8.01. The quantitative estimate of drug-likeness (QED) is 0.734. The van der Waals surface area contributed by atoms with Crippen LogP contribution >= 0.6 is 0 Å². The van der Waals surface area contributed by atoms with Gasteiger partial charge in [-0.25, -0.2) is 13.1 Å². The van der Waals surface area contributed by atoms with Crippen LogP contribution in [-0.2, 0) is 10.0 Å². The monoisotopic (exact) mass is 390 g/mol. The normalized spacial score (nSPS) is 21.2. The maximum absolute atomic E-state index is 12.8. The second kappa shape index (κ2) is 8.22. The van der Waals surface area contributed by atoms with Crippen molar-refractivity contribution in [2.45, 2.75) is 42.8 Å². The van der Waals surface area contributed by atoms with Crippen molar-refractivity contribution in [3.05, 3.63) is 42.5 Å². The summed E-state index contributed by atoms with van der Waals surface area (Å²) < 4.78 is 64.7. The van der Waals surface area contributed by atoms with Crippen molar-refractivity contribution in [2.75, 3.05) is 6.54 Å². The maximum atomic E-state index is 12.8. The minimum Gasteiger partial charge on any atom is -0.349 e. The lowest BCUT2D eigenvalue weighted by Gasteiger charge is -2.31. The van der Waals surface area contributed by atoms with E-state index in [1.807, 2.05) is 0 Å². The Hall–Kier alpha value is -1.87. The first-order valence-corrected chi connectivity index (χ1v) is 9.70. The molecule has 1 saturated carbocycles. The van der Waals surface area contributed by atoms with Crippen LogP contribution in [0.2, 0.25) is 0 Å². The van der Waals surface area contributed by atoms with E-state index in [0.717, 1.165) is 0 Å². The number of hydrogen-bond donors (Lipinski definition) is 2. The SMILES string of the molecule is C=CCNS(=O)(=O)c1ccc(C(=O)NC2CCCC(C(F)(F)F)C2)cc1. The van der Waals surface area contributed by atoms with Crippen LogP contribution in [0.5, 0.6) is 0 Å². The van der Waals surface area contributed by atoms with E-state index in [9.17, 15) is 26.4 Å². The minimum atomic E-state index is -4.25. The van der Waals surface area contributed by atoms with Gasteiger partial charge in [-0.05, 0) is 43.5 Å². The van der Waals surface area contributed by atoms with Gasteiger partial charge in [-0.15, -0.1) is 6.58 Å². The molecule has 2 rings (SSSR count). The zero-order valence-corrected chi connectivity index (χ0v) is 14.9. The standard InChI is InChI=1S/C17H21F3N2O3S/c1-2-10-21-26(24,25)15-8-6-12(7-9-15)16(23)22-14-5-3-4-13(11-14)17(18,19)20/h2,6-9,13-14,21H,1,3-5,10-11H2,(H,22,23). The molecule has 0 spiro atoms. The molecule has 5 nitrogen and oxygen atoms in total. The van der Waals surface area contributed by atoms with Gasteiger partial charge in [-0.1, -0.05) is 12.5 Å². The van der Waals surface area contributed by atoms with E-state index in [1.165, 1.54) is 30.3 Å². The zero-order chi connectivity index (χ0) is 19.4. The van der Waals surface area contributed by atoms with E-state index in [0.29, 0.717) is 12.8 Å². The number of benzene rings is 1. The van der Waals surface area contributed by atoms with Crippen LogP contribution in [0, 0.1) is 5.92 Å². The lowest BCUT2D eigenvalue weighted by atomic mass is 9.85. The highest BCUT2D eigenvalue weighted by atomic mass is 32.2. The van der Waals surface area contributed by atoms with E-state index < -0.39 is 34.1 Å². The van der Waals surface area contributed by atoms with Crippen LogP contribution in [0.15, 0.2) is 41.8 Å². The molecule has 2 atom stereocenters. The molecule has 1 aliphatic carbocycles. The van der Waals surface area contributed by atoms with Crippen LogP contribution in [0.1, 0.15) is 36.0 Å². The summed E-state index contributed by atoms with van der Waals surface area (Å²) in [6.45, 7) is 3.50. The van der Waals surface area contributed by atoms with Crippen LogP contribution < -0.4 is 10.0 Å². The highest BCUT2D eigenvalue weighted by Crippen LogP contribution is 2.37. The van der Waals surface area contributed by atoms with Crippen molar-refractivity contribution < 1.29 is 26.4 Å².